The molecule has 2 heterocycles. The standard InChI is InChI=1S/C23H17ClN2O6S/c1-29-17-9-14(10-18(11-17)30-2)21-25-26-23(32-21)33-20(22(27)28)12-16-7-8-19(31-16)13-3-5-15(24)6-4-13/h3-12H,1-2H3,(H,27,28)/b20-12-. The first-order chi connectivity index (χ1) is 15.9. The molecule has 0 fully saturated rings. The van der Waals surface area contributed by atoms with Gasteiger partial charge in [-0.2, -0.15) is 0 Å². The Bertz CT molecular complexity index is 1290. The quantitative estimate of drug-likeness (QED) is 0.242. The Balaban J connectivity index is 1.56. The third-order valence-corrected chi connectivity index (χ3v) is 5.55. The van der Waals surface area contributed by atoms with E-state index in [4.69, 9.17) is 29.9 Å². The number of hydrogen-bond acceptors (Lipinski definition) is 8. The predicted molar refractivity (Wildman–Crippen MR) is 123 cm³/mol. The summed E-state index contributed by atoms with van der Waals surface area (Å²) in [6, 6.07) is 15.7. The largest absolute Gasteiger partial charge is 0.497 e. The van der Waals surface area contributed by atoms with Gasteiger partial charge in [0.1, 0.15) is 27.9 Å². The highest BCUT2D eigenvalue weighted by Crippen LogP contribution is 2.33. The Morgan fingerprint density at radius 2 is 1.67 bits per heavy atom. The normalized spacial score (nSPS) is 11.4. The SMILES string of the molecule is COc1cc(OC)cc(-c2nnc(S/C(=C\c3ccc(-c4ccc(Cl)cc4)o3)C(=O)O)o2)c1. The molecule has 8 nitrogen and oxygen atoms in total. The van der Waals surface area contributed by atoms with Gasteiger partial charge in [0.2, 0.25) is 5.89 Å². The highest BCUT2D eigenvalue weighted by atomic mass is 35.5. The summed E-state index contributed by atoms with van der Waals surface area (Å²) in [5, 5.41) is 18.3. The first-order valence-corrected chi connectivity index (χ1v) is 10.7. The molecule has 0 spiro atoms. The van der Waals surface area contributed by atoms with E-state index in [2.05, 4.69) is 10.2 Å². The van der Waals surface area contributed by atoms with E-state index in [1.807, 2.05) is 12.1 Å². The summed E-state index contributed by atoms with van der Waals surface area (Å²) < 4.78 is 21.9. The lowest BCUT2D eigenvalue weighted by molar-refractivity contribution is -0.131. The number of ether oxygens (including phenoxy) is 2. The van der Waals surface area contributed by atoms with Gasteiger partial charge in [-0.25, -0.2) is 4.79 Å². The summed E-state index contributed by atoms with van der Waals surface area (Å²) in [5.74, 6) is 1.09. The van der Waals surface area contributed by atoms with Crippen LogP contribution in [-0.2, 0) is 4.79 Å². The number of carbonyl (C=O) groups is 1. The Kier molecular flexibility index (Phi) is 6.71. The zero-order chi connectivity index (χ0) is 23.4. The Morgan fingerprint density at radius 1 is 0.970 bits per heavy atom. The summed E-state index contributed by atoms with van der Waals surface area (Å²) >= 11 is 6.73. The molecule has 0 atom stereocenters. The van der Waals surface area contributed by atoms with Crippen LogP contribution in [0, 0.1) is 0 Å². The fraction of sp³-hybridized carbons (Fsp3) is 0.0870. The minimum atomic E-state index is -1.16. The van der Waals surface area contributed by atoms with Gasteiger partial charge >= 0.3 is 5.97 Å². The summed E-state index contributed by atoms with van der Waals surface area (Å²) in [4.78, 5) is 11.7. The molecule has 0 aliphatic heterocycles. The molecule has 1 N–H and O–H groups in total. The van der Waals surface area contributed by atoms with Gasteiger partial charge in [0.15, 0.2) is 0 Å². The van der Waals surface area contributed by atoms with Crippen molar-refractivity contribution in [2.75, 3.05) is 14.2 Å². The van der Waals surface area contributed by atoms with Crippen molar-refractivity contribution < 1.29 is 28.2 Å². The van der Waals surface area contributed by atoms with Crippen molar-refractivity contribution in [2.24, 2.45) is 0 Å². The third-order valence-electron chi connectivity index (χ3n) is 4.44. The summed E-state index contributed by atoms with van der Waals surface area (Å²) in [5.41, 5.74) is 1.39. The zero-order valence-corrected chi connectivity index (χ0v) is 19.0. The van der Waals surface area contributed by atoms with E-state index in [0.29, 0.717) is 33.6 Å². The van der Waals surface area contributed by atoms with Gasteiger partial charge in [0, 0.05) is 28.3 Å². The second kappa shape index (κ2) is 9.85. The molecule has 0 saturated heterocycles. The van der Waals surface area contributed by atoms with Crippen LogP contribution in [0.4, 0.5) is 0 Å². The van der Waals surface area contributed by atoms with Crippen molar-refractivity contribution >= 4 is 35.4 Å². The van der Waals surface area contributed by atoms with Gasteiger partial charge in [-0.3, -0.25) is 0 Å². The number of carboxylic acids is 1. The van der Waals surface area contributed by atoms with Gasteiger partial charge in [-0.1, -0.05) is 11.6 Å². The maximum Gasteiger partial charge on any atom is 0.342 e. The van der Waals surface area contributed by atoms with Crippen molar-refractivity contribution in [3.8, 4) is 34.3 Å². The second-order valence-electron chi connectivity index (χ2n) is 6.60. The fourth-order valence-corrected chi connectivity index (χ4v) is 3.64. The highest BCUT2D eigenvalue weighted by molar-refractivity contribution is 8.03. The van der Waals surface area contributed by atoms with Crippen molar-refractivity contribution in [1.29, 1.82) is 0 Å². The molecule has 4 rings (SSSR count). The Morgan fingerprint density at radius 3 is 2.30 bits per heavy atom. The van der Waals surface area contributed by atoms with E-state index < -0.39 is 5.97 Å². The lowest BCUT2D eigenvalue weighted by Gasteiger charge is -2.05. The average Bonchev–Trinajstić information content (AvgIpc) is 3.48. The molecule has 0 unspecified atom stereocenters. The van der Waals surface area contributed by atoms with Crippen LogP contribution in [0.1, 0.15) is 5.76 Å². The van der Waals surface area contributed by atoms with E-state index in [0.717, 1.165) is 17.3 Å². The van der Waals surface area contributed by atoms with Crippen LogP contribution in [0.3, 0.4) is 0 Å². The number of carboxylic acid groups (broad SMARTS) is 1. The van der Waals surface area contributed by atoms with E-state index >= 15 is 0 Å². The number of nitrogens with zero attached hydrogens (tertiary/aromatic N) is 2. The molecule has 0 amide bonds. The molecule has 0 aliphatic rings. The number of aliphatic carboxylic acids is 1. The van der Waals surface area contributed by atoms with Gasteiger partial charge in [-0.05, 0) is 60.3 Å². The van der Waals surface area contributed by atoms with Gasteiger partial charge in [0.05, 0.1) is 14.2 Å². The zero-order valence-electron chi connectivity index (χ0n) is 17.4. The molecule has 168 valence electrons. The topological polar surface area (TPSA) is 108 Å². The highest BCUT2D eigenvalue weighted by Gasteiger charge is 2.18. The van der Waals surface area contributed by atoms with Crippen molar-refractivity contribution in [3.05, 3.63) is 70.3 Å². The molecule has 2 aromatic heterocycles. The number of benzene rings is 2. The Labute approximate surface area is 197 Å². The second-order valence-corrected chi connectivity index (χ2v) is 8.03. The van der Waals surface area contributed by atoms with Crippen molar-refractivity contribution in [2.45, 2.75) is 5.22 Å². The van der Waals surface area contributed by atoms with Crippen LogP contribution < -0.4 is 9.47 Å². The molecule has 0 aliphatic carbocycles. The molecule has 10 heteroatoms. The number of hydrogen-bond donors (Lipinski definition) is 1. The van der Waals surface area contributed by atoms with E-state index in [-0.39, 0.29) is 16.0 Å². The molecule has 0 saturated carbocycles. The van der Waals surface area contributed by atoms with Gasteiger partial charge < -0.3 is 23.4 Å². The number of methoxy groups -OCH3 is 2. The van der Waals surface area contributed by atoms with Crippen LogP contribution in [0.5, 0.6) is 11.5 Å². The fourth-order valence-electron chi connectivity index (χ4n) is 2.86. The van der Waals surface area contributed by atoms with Gasteiger partial charge in [-0.15, -0.1) is 10.2 Å². The molecule has 4 aromatic rings. The average molecular weight is 485 g/mol. The van der Waals surface area contributed by atoms with Crippen molar-refractivity contribution in [3.63, 3.8) is 0 Å². The van der Waals surface area contributed by atoms with Crippen molar-refractivity contribution in [1.82, 2.24) is 10.2 Å². The van der Waals surface area contributed by atoms with E-state index in [1.165, 1.54) is 20.3 Å². The molecular formula is C23H17ClN2O6S. The minimum absolute atomic E-state index is 0.0505. The van der Waals surface area contributed by atoms with E-state index in [9.17, 15) is 9.90 Å². The predicted octanol–water partition coefficient (Wildman–Crippen LogP) is 5.89. The van der Waals surface area contributed by atoms with Crippen LogP contribution in [-0.4, -0.2) is 35.5 Å². The number of rotatable bonds is 8. The van der Waals surface area contributed by atoms with Crippen LogP contribution >= 0.6 is 23.4 Å². The maximum absolute atomic E-state index is 11.8. The molecule has 33 heavy (non-hydrogen) atoms. The smallest absolute Gasteiger partial charge is 0.342 e. The lowest BCUT2D eigenvalue weighted by atomic mass is 10.2. The molecule has 2 aromatic carbocycles. The van der Waals surface area contributed by atoms with E-state index in [1.54, 1.807) is 42.5 Å². The monoisotopic (exact) mass is 484 g/mol. The third kappa shape index (κ3) is 5.39. The lowest BCUT2D eigenvalue weighted by Crippen LogP contribution is -1.96. The first kappa shape index (κ1) is 22.5. The van der Waals surface area contributed by atoms with Crippen LogP contribution in [0.25, 0.3) is 28.9 Å². The van der Waals surface area contributed by atoms with Gasteiger partial charge in [0.25, 0.3) is 5.22 Å². The van der Waals surface area contributed by atoms with Crippen LogP contribution in [0.15, 0.2) is 73.6 Å². The number of aromatic nitrogens is 2. The summed E-state index contributed by atoms with van der Waals surface area (Å²) in [6.45, 7) is 0. The Hall–Kier alpha value is -3.69. The number of furan rings is 1. The number of thioether (sulfide) groups is 1. The first-order valence-electron chi connectivity index (χ1n) is 9.50. The number of halogens is 1. The minimum Gasteiger partial charge on any atom is -0.497 e. The summed E-state index contributed by atoms with van der Waals surface area (Å²) in [7, 11) is 3.06. The molecular weight excluding hydrogens is 468 g/mol. The maximum atomic E-state index is 11.8. The van der Waals surface area contributed by atoms with Crippen LogP contribution in [0.2, 0.25) is 5.02 Å². The molecule has 0 bridgehead atoms. The summed E-state index contributed by atoms with van der Waals surface area (Å²) in [6.07, 6.45) is 1.39. The molecule has 0 radical (unpaired) electrons.